The molecule has 1 aliphatic heterocycles. The van der Waals surface area contributed by atoms with Crippen LogP contribution in [0.5, 0.6) is 5.75 Å². The van der Waals surface area contributed by atoms with E-state index >= 15 is 0 Å². The van der Waals surface area contributed by atoms with Gasteiger partial charge in [0.15, 0.2) is 0 Å². The number of amides is 1. The summed E-state index contributed by atoms with van der Waals surface area (Å²) in [4.78, 5) is 16.0. The number of methoxy groups -OCH3 is 1. The van der Waals surface area contributed by atoms with Crippen molar-refractivity contribution in [3.63, 3.8) is 0 Å². The van der Waals surface area contributed by atoms with Crippen molar-refractivity contribution in [2.75, 3.05) is 27.2 Å². The number of likely N-dealkylation sites (tertiary alicyclic amines) is 1. The van der Waals surface area contributed by atoms with Crippen LogP contribution in [-0.4, -0.2) is 55.3 Å². The summed E-state index contributed by atoms with van der Waals surface area (Å²) >= 11 is 0. The highest BCUT2D eigenvalue weighted by Crippen LogP contribution is 2.41. The Hall–Kier alpha value is -2.37. The molecular weight excluding hydrogens is 400 g/mol. The van der Waals surface area contributed by atoms with E-state index in [9.17, 15) is 9.90 Å². The lowest BCUT2D eigenvalue weighted by molar-refractivity contribution is -0.135. The number of carbonyl (C=O) groups excluding carboxylic acids is 1. The molecule has 5 heteroatoms. The quantitative estimate of drug-likeness (QED) is 0.705. The van der Waals surface area contributed by atoms with Gasteiger partial charge in [-0.3, -0.25) is 4.79 Å². The number of phenolic OH excluding ortho intramolecular Hbond substituents is 1. The Labute approximate surface area is 191 Å². The predicted molar refractivity (Wildman–Crippen MR) is 128 cm³/mol. The normalized spacial score (nSPS) is 24.9. The maximum absolute atomic E-state index is 13.7. The number of hydrogen-bond donors (Lipinski definition) is 2. The van der Waals surface area contributed by atoms with Gasteiger partial charge in [-0.25, -0.2) is 0 Å². The van der Waals surface area contributed by atoms with E-state index in [4.69, 9.17) is 4.74 Å². The molecular formula is C27H36N2O3. The number of nitrogens with one attached hydrogen (secondary N) is 1. The first kappa shape index (κ1) is 22.8. The molecule has 1 aliphatic carbocycles. The van der Waals surface area contributed by atoms with E-state index in [0.717, 1.165) is 68.3 Å². The molecule has 2 N–H and O–H groups in total. The molecule has 0 bridgehead atoms. The largest absolute Gasteiger partial charge is 0.507 e. The molecule has 2 aliphatic rings. The summed E-state index contributed by atoms with van der Waals surface area (Å²) in [6, 6.07) is 16.0. The number of piperidine rings is 1. The minimum absolute atomic E-state index is 0.203. The lowest BCUT2D eigenvalue weighted by atomic mass is 9.68. The van der Waals surface area contributed by atoms with Crippen LogP contribution in [0.25, 0.3) is 11.1 Å². The van der Waals surface area contributed by atoms with Gasteiger partial charge in [0.05, 0.1) is 11.5 Å². The smallest absolute Gasteiger partial charge is 0.226 e. The third kappa shape index (κ3) is 5.16. The molecule has 0 unspecified atom stereocenters. The van der Waals surface area contributed by atoms with Crippen molar-refractivity contribution < 1.29 is 14.6 Å². The van der Waals surface area contributed by atoms with Crippen molar-refractivity contribution in [1.82, 2.24) is 10.2 Å². The van der Waals surface area contributed by atoms with Gasteiger partial charge >= 0.3 is 0 Å². The fourth-order valence-electron chi connectivity index (χ4n) is 5.31. The third-order valence-electron chi connectivity index (χ3n) is 7.44. The first-order valence-electron chi connectivity index (χ1n) is 11.9. The maximum atomic E-state index is 13.7. The standard InChI is InChI=1S/C27H36N2O3/c1-29-16-12-22(13-17-29)28-26(31)27(14-10-23(32-2)11-15-27)19-20-6-5-7-21(18-20)24-8-3-4-9-25(24)30/h3-9,18,22-23,30H,10-17,19H2,1-2H3,(H,28,31). The highest BCUT2D eigenvalue weighted by molar-refractivity contribution is 5.83. The van der Waals surface area contributed by atoms with Crippen LogP contribution < -0.4 is 5.32 Å². The van der Waals surface area contributed by atoms with Gasteiger partial charge in [0, 0.05) is 18.7 Å². The molecule has 1 saturated heterocycles. The van der Waals surface area contributed by atoms with Gasteiger partial charge in [-0.2, -0.15) is 0 Å². The molecule has 2 aromatic rings. The van der Waals surface area contributed by atoms with Crippen LogP contribution in [0.2, 0.25) is 0 Å². The van der Waals surface area contributed by atoms with E-state index in [1.807, 2.05) is 30.3 Å². The van der Waals surface area contributed by atoms with Crippen LogP contribution in [-0.2, 0) is 16.0 Å². The average Bonchev–Trinajstić information content (AvgIpc) is 2.81. The van der Waals surface area contributed by atoms with Crippen LogP contribution in [0.15, 0.2) is 48.5 Å². The lowest BCUT2D eigenvalue weighted by Crippen LogP contribution is -2.51. The summed E-state index contributed by atoms with van der Waals surface area (Å²) < 4.78 is 5.60. The summed E-state index contributed by atoms with van der Waals surface area (Å²) in [5.41, 5.74) is 2.54. The summed E-state index contributed by atoms with van der Waals surface area (Å²) in [6.07, 6.45) is 6.49. The zero-order valence-corrected chi connectivity index (χ0v) is 19.3. The number of hydrogen-bond acceptors (Lipinski definition) is 4. The molecule has 0 aromatic heterocycles. The Morgan fingerprint density at radius 1 is 1.09 bits per heavy atom. The summed E-state index contributed by atoms with van der Waals surface area (Å²) in [5, 5.41) is 13.7. The van der Waals surface area contributed by atoms with Crippen molar-refractivity contribution >= 4 is 5.91 Å². The zero-order valence-electron chi connectivity index (χ0n) is 19.3. The minimum atomic E-state index is -0.407. The monoisotopic (exact) mass is 436 g/mol. The summed E-state index contributed by atoms with van der Waals surface area (Å²) in [7, 11) is 3.91. The van der Waals surface area contributed by atoms with E-state index in [1.165, 1.54) is 0 Å². The Morgan fingerprint density at radius 3 is 2.50 bits per heavy atom. The molecule has 0 spiro atoms. The number of aromatic hydroxyl groups is 1. The Balaban J connectivity index is 1.55. The van der Waals surface area contributed by atoms with Crippen LogP contribution in [0, 0.1) is 5.41 Å². The van der Waals surface area contributed by atoms with Crippen LogP contribution in [0.3, 0.4) is 0 Å². The number of carbonyl (C=O) groups is 1. The van der Waals surface area contributed by atoms with E-state index in [-0.39, 0.29) is 23.8 Å². The maximum Gasteiger partial charge on any atom is 0.226 e. The Kier molecular flexibility index (Phi) is 7.17. The summed E-state index contributed by atoms with van der Waals surface area (Å²) in [6.45, 7) is 2.07. The van der Waals surface area contributed by atoms with Crippen molar-refractivity contribution in [2.24, 2.45) is 5.41 Å². The third-order valence-corrected chi connectivity index (χ3v) is 7.44. The van der Waals surface area contributed by atoms with Crippen molar-refractivity contribution in [2.45, 2.75) is 57.1 Å². The van der Waals surface area contributed by atoms with Gasteiger partial charge in [-0.15, -0.1) is 0 Å². The molecule has 1 heterocycles. The fraction of sp³-hybridized carbons (Fsp3) is 0.519. The molecule has 4 rings (SSSR count). The molecule has 2 fully saturated rings. The SMILES string of the molecule is COC1CCC(Cc2cccc(-c3ccccc3O)c2)(C(=O)NC2CCN(C)CC2)CC1. The van der Waals surface area contributed by atoms with Crippen LogP contribution >= 0.6 is 0 Å². The lowest BCUT2D eigenvalue weighted by Gasteiger charge is -2.40. The van der Waals surface area contributed by atoms with E-state index in [0.29, 0.717) is 6.42 Å². The fourth-order valence-corrected chi connectivity index (χ4v) is 5.31. The van der Waals surface area contributed by atoms with E-state index in [1.54, 1.807) is 13.2 Å². The Bertz CT molecular complexity index is 913. The molecule has 5 nitrogen and oxygen atoms in total. The number of phenols is 1. The molecule has 1 amide bonds. The van der Waals surface area contributed by atoms with Gasteiger partial charge in [0.25, 0.3) is 0 Å². The second-order valence-corrected chi connectivity index (χ2v) is 9.66. The van der Waals surface area contributed by atoms with E-state index in [2.05, 4.69) is 29.4 Å². The molecule has 2 aromatic carbocycles. The number of ether oxygens (including phenoxy) is 1. The van der Waals surface area contributed by atoms with Gasteiger partial charge < -0.3 is 20.1 Å². The topological polar surface area (TPSA) is 61.8 Å². The van der Waals surface area contributed by atoms with Crippen molar-refractivity contribution in [3.8, 4) is 16.9 Å². The van der Waals surface area contributed by atoms with Crippen LogP contribution in [0.1, 0.15) is 44.1 Å². The second-order valence-electron chi connectivity index (χ2n) is 9.66. The van der Waals surface area contributed by atoms with Gasteiger partial charge in [-0.1, -0.05) is 42.5 Å². The van der Waals surface area contributed by atoms with Crippen LogP contribution in [0.4, 0.5) is 0 Å². The summed E-state index contributed by atoms with van der Waals surface area (Å²) in [5.74, 6) is 0.481. The van der Waals surface area contributed by atoms with E-state index < -0.39 is 5.41 Å². The molecule has 0 atom stereocenters. The van der Waals surface area contributed by atoms with Gasteiger partial charge in [0.1, 0.15) is 5.75 Å². The molecule has 172 valence electrons. The average molecular weight is 437 g/mol. The molecule has 1 saturated carbocycles. The minimum Gasteiger partial charge on any atom is -0.507 e. The van der Waals surface area contributed by atoms with Gasteiger partial charge in [-0.05, 0) is 82.3 Å². The predicted octanol–water partition coefficient (Wildman–Crippen LogP) is 4.39. The second kappa shape index (κ2) is 10.1. The highest BCUT2D eigenvalue weighted by Gasteiger charge is 2.42. The van der Waals surface area contributed by atoms with Gasteiger partial charge in [0.2, 0.25) is 5.91 Å². The first-order chi connectivity index (χ1) is 15.5. The Morgan fingerprint density at radius 2 is 1.81 bits per heavy atom. The first-order valence-corrected chi connectivity index (χ1v) is 11.9. The molecule has 0 radical (unpaired) electrons. The number of benzene rings is 2. The van der Waals surface area contributed by atoms with Crippen molar-refractivity contribution in [1.29, 1.82) is 0 Å². The number of rotatable bonds is 6. The van der Waals surface area contributed by atoms with Crippen molar-refractivity contribution in [3.05, 3.63) is 54.1 Å². The number of nitrogens with zero attached hydrogens (tertiary/aromatic N) is 1. The zero-order chi connectivity index (χ0) is 22.6. The molecule has 32 heavy (non-hydrogen) atoms. The number of para-hydroxylation sites is 1. The highest BCUT2D eigenvalue weighted by atomic mass is 16.5.